The van der Waals surface area contributed by atoms with Crippen LogP contribution in [0.3, 0.4) is 0 Å². The van der Waals surface area contributed by atoms with Gasteiger partial charge in [0.05, 0.1) is 18.8 Å². The molecule has 0 atom stereocenters. The van der Waals surface area contributed by atoms with E-state index >= 15 is 0 Å². The number of hydrogen-bond donors (Lipinski definition) is 3. The normalized spacial score (nSPS) is 10.2. The Morgan fingerprint density at radius 2 is 1.84 bits per heavy atom. The molecule has 104 valence electrons. The lowest BCUT2D eigenvalue weighted by Crippen LogP contribution is -2.39. The lowest BCUT2D eigenvalue weighted by atomic mass is 10.2. The van der Waals surface area contributed by atoms with E-state index in [4.69, 9.17) is 11.5 Å². The van der Waals surface area contributed by atoms with Gasteiger partial charge in [-0.05, 0) is 40.7 Å². The molecule has 6 nitrogen and oxygen atoms in total. The second kappa shape index (κ2) is 7.10. The van der Waals surface area contributed by atoms with Gasteiger partial charge in [0.2, 0.25) is 11.8 Å². The molecule has 0 saturated heterocycles. The molecule has 0 saturated carbocycles. The molecule has 1 aromatic carbocycles. The van der Waals surface area contributed by atoms with Gasteiger partial charge in [0.1, 0.15) is 0 Å². The van der Waals surface area contributed by atoms with Gasteiger partial charge in [0, 0.05) is 11.0 Å². The molecular weight excluding hydrogens is 312 g/mol. The summed E-state index contributed by atoms with van der Waals surface area (Å²) in [5.41, 5.74) is 12.1. The van der Waals surface area contributed by atoms with Crippen LogP contribution < -0.4 is 21.7 Å². The maximum absolute atomic E-state index is 11.0. The highest BCUT2D eigenvalue weighted by molar-refractivity contribution is 9.10. The SMILES string of the molecule is CNCc1ccc(N(CC(N)=O)CC(N)=O)c(Br)c1. The van der Waals surface area contributed by atoms with Gasteiger partial charge < -0.3 is 21.7 Å². The minimum atomic E-state index is -0.521. The number of primary amides is 2. The average Bonchev–Trinajstić information content (AvgIpc) is 2.27. The first-order valence-electron chi connectivity index (χ1n) is 5.68. The first kappa shape index (κ1) is 15.5. The van der Waals surface area contributed by atoms with Gasteiger partial charge in [0.15, 0.2) is 0 Å². The van der Waals surface area contributed by atoms with Crippen LogP contribution in [-0.2, 0) is 16.1 Å². The lowest BCUT2D eigenvalue weighted by Gasteiger charge is -2.23. The number of anilines is 1. The number of nitrogens with two attached hydrogens (primary N) is 2. The van der Waals surface area contributed by atoms with Crippen LogP contribution in [0.4, 0.5) is 5.69 Å². The van der Waals surface area contributed by atoms with E-state index in [1.54, 1.807) is 0 Å². The van der Waals surface area contributed by atoms with E-state index in [0.29, 0.717) is 5.69 Å². The highest BCUT2D eigenvalue weighted by Crippen LogP contribution is 2.27. The van der Waals surface area contributed by atoms with Crippen molar-refractivity contribution in [3.8, 4) is 0 Å². The van der Waals surface area contributed by atoms with Gasteiger partial charge in [-0.2, -0.15) is 0 Å². The molecule has 19 heavy (non-hydrogen) atoms. The molecule has 0 fully saturated rings. The number of nitrogens with one attached hydrogen (secondary N) is 1. The Bertz CT molecular complexity index is 463. The zero-order chi connectivity index (χ0) is 14.4. The summed E-state index contributed by atoms with van der Waals surface area (Å²) in [5, 5.41) is 3.04. The zero-order valence-electron chi connectivity index (χ0n) is 10.6. The number of benzene rings is 1. The summed E-state index contributed by atoms with van der Waals surface area (Å²) >= 11 is 3.42. The molecule has 1 aromatic rings. The van der Waals surface area contributed by atoms with E-state index < -0.39 is 11.8 Å². The minimum Gasteiger partial charge on any atom is -0.368 e. The zero-order valence-corrected chi connectivity index (χ0v) is 12.2. The fraction of sp³-hybridized carbons (Fsp3) is 0.333. The Morgan fingerprint density at radius 1 is 1.26 bits per heavy atom. The van der Waals surface area contributed by atoms with Crippen molar-refractivity contribution in [1.29, 1.82) is 0 Å². The number of carbonyl (C=O) groups excluding carboxylic acids is 2. The van der Waals surface area contributed by atoms with Crippen molar-refractivity contribution in [2.45, 2.75) is 6.54 Å². The van der Waals surface area contributed by atoms with Crippen LogP contribution in [0.5, 0.6) is 0 Å². The molecular formula is C12H17BrN4O2. The summed E-state index contributed by atoms with van der Waals surface area (Å²) < 4.78 is 0.780. The lowest BCUT2D eigenvalue weighted by molar-refractivity contribution is -0.117. The summed E-state index contributed by atoms with van der Waals surface area (Å²) in [4.78, 5) is 23.6. The van der Waals surface area contributed by atoms with E-state index in [2.05, 4.69) is 21.2 Å². The predicted octanol–water partition coefficient (Wildman–Crippen LogP) is -0.0545. The largest absolute Gasteiger partial charge is 0.368 e. The van der Waals surface area contributed by atoms with Gasteiger partial charge in [-0.15, -0.1) is 0 Å². The molecule has 1 rings (SSSR count). The van der Waals surface area contributed by atoms with E-state index in [1.165, 1.54) is 4.90 Å². The Morgan fingerprint density at radius 3 is 2.26 bits per heavy atom. The third-order valence-electron chi connectivity index (χ3n) is 2.43. The van der Waals surface area contributed by atoms with Crippen LogP contribution in [0.15, 0.2) is 22.7 Å². The van der Waals surface area contributed by atoms with Crippen molar-refractivity contribution in [3.63, 3.8) is 0 Å². The molecule has 0 bridgehead atoms. The van der Waals surface area contributed by atoms with Crippen LogP contribution >= 0.6 is 15.9 Å². The van der Waals surface area contributed by atoms with E-state index in [1.807, 2.05) is 25.2 Å². The van der Waals surface area contributed by atoms with Crippen LogP contribution in [0.25, 0.3) is 0 Å². The molecule has 7 heteroatoms. The van der Waals surface area contributed by atoms with Crippen molar-refractivity contribution >= 4 is 33.4 Å². The molecule has 5 N–H and O–H groups in total. The topological polar surface area (TPSA) is 101 Å². The van der Waals surface area contributed by atoms with Crippen LogP contribution in [-0.4, -0.2) is 32.0 Å². The second-order valence-corrected chi connectivity index (χ2v) is 4.96. The third-order valence-corrected chi connectivity index (χ3v) is 3.06. The van der Waals surface area contributed by atoms with E-state index in [9.17, 15) is 9.59 Å². The Kier molecular flexibility index (Phi) is 5.78. The fourth-order valence-electron chi connectivity index (χ4n) is 1.72. The summed E-state index contributed by atoms with van der Waals surface area (Å²) in [6, 6.07) is 5.65. The molecule has 0 aliphatic rings. The van der Waals surface area contributed by atoms with Crippen molar-refractivity contribution in [2.24, 2.45) is 11.5 Å². The van der Waals surface area contributed by atoms with Crippen LogP contribution in [0, 0.1) is 0 Å². The summed E-state index contributed by atoms with van der Waals surface area (Å²) in [6.45, 7) is 0.602. The molecule has 0 aliphatic heterocycles. The Hall–Kier alpha value is -1.60. The first-order valence-corrected chi connectivity index (χ1v) is 6.48. The number of halogens is 1. The van der Waals surface area contributed by atoms with Crippen molar-refractivity contribution in [1.82, 2.24) is 5.32 Å². The number of nitrogens with zero attached hydrogens (tertiary/aromatic N) is 1. The Labute approximate surface area is 120 Å². The van der Waals surface area contributed by atoms with Gasteiger partial charge in [0.25, 0.3) is 0 Å². The molecule has 0 heterocycles. The van der Waals surface area contributed by atoms with Crippen molar-refractivity contribution in [3.05, 3.63) is 28.2 Å². The number of hydrogen-bond acceptors (Lipinski definition) is 4. The summed E-state index contributed by atoms with van der Waals surface area (Å²) in [7, 11) is 1.86. The molecule has 0 radical (unpaired) electrons. The van der Waals surface area contributed by atoms with E-state index in [0.717, 1.165) is 16.6 Å². The second-order valence-electron chi connectivity index (χ2n) is 4.10. The van der Waals surface area contributed by atoms with Gasteiger partial charge in [-0.1, -0.05) is 6.07 Å². The van der Waals surface area contributed by atoms with Gasteiger partial charge in [-0.25, -0.2) is 0 Å². The quantitative estimate of drug-likeness (QED) is 0.652. The molecule has 0 aromatic heterocycles. The van der Waals surface area contributed by atoms with Crippen LogP contribution in [0.1, 0.15) is 5.56 Å². The maximum Gasteiger partial charge on any atom is 0.236 e. The Balaban J connectivity index is 3.00. The number of carbonyl (C=O) groups is 2. The summed E-state index contributed by atoms with van der Waals surface area (Å²) in [5.74, 6) is -1.04. The smallest absolute Gasteiger partial charge is 0.236 e. The van der Waals surface area contributed by atoms with Gasteiger partial charge in [-0.3, -0.25) is 9.59 Å². The molecule has 0 spiro atoms. The highest BCUT2D eigenvalue weighted by Gasteiger charge is 2.15. The standard InChI is InChI=1S/C12H17BrN4O2/c1-16-5-8-2-3-10(9(13)4-8)17(6-11(14)18)7-12(15)19/h2-4,16H,5-7H2,1H3,(H2,14,18)(H2,15,19). The predicted molar refractivity (Wildman–Crippen MR) is 77.5 cm³/mol. The molecule has 0 unspecified atom stereocenters. The molecule has 0 aliphatic carbocycles. The molecule has 2 amide bonds. The minimum absolute atomic E-state index is 0.0626. The highest BCUT2D eigenvalue weighted by atomic mass is 79.9. The number of amides is 2. The van der Waals surface area contributed by atoms with E-state index in [-0.39, 0.29) is 13.1 Å². The number of rotatable bonds is 7. The monoisotopic (exact) mass is 328 g/mol. The fourth-order valence-corrected chi connectivity index (χ4v) is 2.40. The van der Waals surface area contributed by atoms with Gasteiger partial charge >= 0.3 is 0 Å². The first-order chi connectivity index (χ1) is 8.93. The summed E-state index contributed by atoms with van der Waals surface area (Å²) in [6.07, 6.45) is 0. The van der Waals surface area contributed by atoms with Crippen LogP contribution in [0.2, 0.25) is 0 Å². The van der Waals surface area contributed by atoms with Crippen molar-refractivity contribution < 1.29 is 9.59 Å². The maximum atomic E-state index is 11.0. The average molecular weight is 329 g/mol. The third kappa shape index (κ3) is 4.88. The van der Waals surface area contributed by atoms with Crippen molar-refractivity contribution in [2.75, 3.05) is 25.0 Å².